The van der Waals surface area contributed by atoms with Gasteiger partial charge in [-0.2, -0.15) is 0 Å². The van der Waals surface area contributed by atoms with Gasteiger partial charge in [-0.25, -0.2) is 9.13 Å². The van der Waals surface area contributed by atoms with Crippen LogP contribution in [0, 0.1) is 69.2 Å². The van der Waals surface area contributed by atoms with Crippen LogP contribution in [0.1, 0.15) is 166 Å². The fourth-order valence-electron chi connectivity index (χ4n) is 11.8. The highest BCUT2D eigenvalue weighted by Gasteiger charge is 2.41. The average Bonchev–Trinajstić information content (AvgIpc) is 1.78. The van der Waals surface area contributed by atoms with E-state index in [2.05, 4.69) is 237 Å². The number of aryl methyl sites for hydroxylation is 9. The van der Waals surface area contributed by atoms with E-state index < -0.39 is 0 Å². The molecule has 0 fully saturated rings. The van der Waals surface area contributed by atoms with Crippen LogP contribution in [0.5, 0.6) is 0 Å². The Kier molecular flexibility index (Phi) is 28.8. The van der Waals surface area contributed by atoms with Crippen LogP contribution >= 0.6 is 0 Å². The number of aromatic nitrogens is 8. The molecule has 89 heavy (non-hydrogen) atoms. The number of benzene rings is 5. The highest BCUT2D eigenvalue weighted by atomic mass is 15.4. The Hall–Kier alpha value is -7.99. The molecule has 4 aromatic heterocycles. The molecule has 0 bridgehead atoms. The van der Waals surface area contributed by atoms with E-state index in [9.17, 15) is 0 Å². The average molecular weight is 1210 g/mol. The van der Waals surface area contributed by atoms with Crippen molar-refractivity contribution in [3.63, 3.8) is 0 Å². The quantitative estimate of drug-likeness (QED) is 0.163. The minimum Gasteiger partial charge on any atom is -0.359 e. The number of pyridine rings is 1. The summed E-state index contributed by atoms with van der Waals surface area (Å²) in [5.41, 5.74) is 25.5. The standard InChI is InChI=1S/C23H28N2.C19H21N3.C12H16N3.C11H15N4.6C2H6/c1-12-10-9-11-19-20-15(4)13(2)14(3)16(5)21(20)23-17(6)24(8)18(7)25(23)22(12)19;1-13-11-16-15-7-5-6-8-17(15)21(4)19(16)12-18(13)22-10-9-20(3)14(22)2;1-9-7-5-6-8-11(9)12-14(3)10(2)13-15(12)4;1-8-5-6-12-7-10(8)11-14(3)9(2)13-15(11)4;6*1-2/h9-11,18H,1-8H3;5-12,14H,1-4H3;5-8H,1-4H3;5-7H,1-4H3;6*1-2H3/q;;2*+1;;;;;;. The lowest BCUT2D eigenvalue weighted by Gasteiger charge is -2.38. The molecule has 482 valence electrons. The third-order valence-corrected chi connectivity index (χ3v) is 17.2. The smallest absolute Gasteiger partial charge is 0.274 e. The van der Waals surface area contributed by atoms with Crippen LogP contribution in [0.3, 0.4) is 0 Å². The van der Waals surface area contributed by atoms with Crippen molar-refractivity contribution in [2.75, 3.05) is 23.9 Å². The molecule has 3 aliphatic heterocycles. The summed E-state index contributed by atoms with van der Waals surface area (Å²) in [5.74, 6) is 4.25. The van der Waals surface area contributed by atoms with E-state index in [-0.39, 0.29) is 0 Å². The summed E-state index contributed by atoms with van der Waals surface area (Å²) in [6.45, 7) is 52.6. The molecule has 5 aromatic carbocycles. The first-order chi connectivity index (χ1) is 42.6. The van der Waals surface area contributed by atoms with Crippen LogP contribution in [0.2, 0.25) is 0 Å². The maximum Gasteiger partial charge on any atom is 0.274 e. The van der Waals surface area contributed by atoms with Crippen LogP contribution in [-0.2, 0) is 35.2 Å². The van der Waals surface area contributed by atoms with Crippen LogP contribution < -0.4 is 18.9 Å². The SMILES string of the molecule is CC.CC.CC.CC.CC.CC.CC1=C2c3c(C)c(C)c(C)c(C)c3-c3cccc(C)c3N2C(C)N1C.Cc1cc2c3ccccc3n(C)c2cc1N1C=CN(C)C1C.Cc1ccccc1-c1n(C)nc(C)[n+]1C.Cc1ccncc1-c1n(C)nc(C)[n+]1C. The molecule has 9 aromatic rings. The van der Waals surface area contributed by atoms with Crippen LogP contribution in [0.25, 0.3) is 61.4 Å². The lowest BCUT2D eigenvalue weighted by molar-refractivity contribution is -0.667. The van der Waals surface area contributed by atoms with Crippen LogP contribution in [-0.4, -0.2) is 65.3 Å². The highest BCUT2D eigenvalue weighted by molar-refractivity contribution is 6.09. The maximum absolute atomic E-state index is 4.41. The first-order valence-electron chi connectivity index (χ1n) is 32.9. The highest BCUT2D eigenvalue weighted by Crippen LogP contribution is 2.54. The summed E-state index contributed by atoms with van der Waals surface area (Å²) in [7, 11) is 14.5. The molecule has 12 nitrogen and oxygen atoms in total. The van der Waals surface area contributed by atoms with Gasteiger partial charge in [0.25, 0.3) is 23.3 Å². The van der Waals surface area contributed by atoms with Gasteiger partial charge in [-0.3, -0.25) is 4.98 Å². The fraction of sp³-hybridized carbons (Fsp3) is 0.442. The predicted octanol–water partition coefficient (Wildman–Crippen LogP) is 18.5. The molecular formula is C77H116N12+2. The first kappa shape index (κ1) is 75.3. The summed E-state index contributed by atoms with van der Waals surface area (Å²) in [5, 5.41) is 11.5. The van der Waals surface area contributed by atoms with Crippen molar-refractivity contribution in [3.05, 3.63) is 177 Å². The third kappa shape index (κ3) is 15.0. The fourth-order valence-corrected chi connectivity index (χ4v) is 11.8. The number of nitrogens with zero attached hydrogens (tertiary/aromatic N) is 12. The van der Waals surface area contributed by atoms with Gasteiger partial charge in [-0.05, 0) is 157 Å². The van der Waals surface area contributed by atoms with Crippen molar-refractivity contribution < 1.29 is 9.13 Å². The predicted molar refractivity (Wildman–Crippen MR) is 386 cm³/mol. The zero-order valence-electron chi connectivity index (χ0n) is 61.4. The van der Waals surface area contributed by atoms with Crippen molar-refractivity contribution in [2.24, 2.45) is 35.2 Å². The van der Waals surface area contributed by atoms with E-state index in [1.54, 1.807) is 0 Å². The molecule has 0 saturated carbocycles. The van der Waals surface area contributed by atoms with Crippen LogP contribution in [0.4, 0.5) is 11.4 Å². The second-order valence-electron chi connectivity index (χ2n) is 21.6. The van der Waals surface area contributed by atoms with E-state index in [0.717, 1.165) is 28.9 Å². The van der Waals surface area contributed by atoms with Crippen molar-refractivity contribution in [3.8, 4) is 33.9 Å². The molecule has 12 rings (SSSR count). The lowest BCUT2D eigenvalue weighted by Crippen LogP contribution is -2.37. The molecule has 12 heteroatoms. The Labute approximate surface area is 539 Å². The van der Waals surface area contributed by atoms with Gasteiger partial charge in [0.15, 0.2) is 0 Å². The van der Waals surface area contributed by atoms with E-state index >= 15 is 0 Å². The molecular weight excluding hydrogens is 1090 g/mol. The van der Waals surface area contributed by atoms with E-state index in [4.69, 9.17) is 0 Å². The van der Waals surface area contributed by atoms with Crippen molar-refractivity contribution in [2.45, 2.75) is 185 Å². The number of anilines is 2. The van der Waals surface area contributed by atoms with Crippen molar-refractivity contribution in [1.29, 1.82) is 0 Å². The Bertz CT molecular complexity index is 3730. The number of para-hydroxylation sites is 2. The molecule has 2 atom stereocenters. The van der Waals surface area contributed by atoms with E-state index in [0.29, 0.717) is 12.3 Å². The monoisotopic (exact) mass is 1210 g/mol. The van der Waals surface area contributed by atoms with Gasteiger partial charge in [-0.15, -0.1) is 9.36 Å². The Morgan fingerprint density at radius 2 is 0.944 bits per heavy atom. The van der Waals surface area contributed by atoms with Gasteiger partial charge >= 0.3 is 0 Å². The zero-order valence-corrected chi connectivity index (χ0v) is 61.4. The molecule has 0 radical (unpaired) electrons. The summed E-state index contributed by atoms with van der Waals surface area (Å²) in [6, 6.07) is 30.4. The molecule has 0 aliphatic carbocycles. The van der Waals surface area contributed by atoms with Gasteiger partial charge < -0.3 is 24.2 Å². The molecule has 2 unspecified atom stereocenters. The largest absolute Gasteiger partial charge is 0.359 e. The Balaban J connectivity index is 0.000000298. The maximum atomic E-state index is 4.41. The Morgan fingerprint density at radius 3 is 1.46 bits per heavy atom. The molecule has 0 spiro atoms. The number of allylic oxidation sites excluding steroid dienone is 1. The number of fused-ring (bicyclic) bond motifs is 9. The zero-order chi connectivity index (χ0) is 67.6. The van der Waals surface area contributed by atoms with Gasteiger partial charge in [-0.1, -0.05) is 138 Å². The Morgan fingerprint density at radius 1 is 0.449 bits per heavy atom. The second-order valence-corrected chi connectivity index (χ2v) is 21.6. The summed E-state index contributed by atoms with van der Waals surface area (Å²) >= 11 is 0. The van der Waals surface area contributed by atoms with E-state index in [1.165, 1.54) is 111 Å². The van der Waals surface area contributed by atoms with Gasteiger partial charge in [0.05, 0.1) is 56.2 Å². The summed E-state index contributed by atoms with van der Waals surface area (Å²) in [6.07, 6.45) is 8.68. The summed E-state index contributed by atoms with van der Waals surface area (Å²) < 4.78 is 10.3. The minimum atomic E-state index is 0.337. The summed E-state index contributed by atoms with van der Waals surface area (Å²) in [4.78, 5) is 13.7. The van der Waals surface area contributed by atoms with E-state index in [1.807, 2.05) is 153 Å². The number of hydrogen-bond acceptors (Lipinski definition) is 7. The first-order valence-corrected chi connectivity index (χ1v) is 32.9. The van der Waals surface area contributed by atoms with Crippen LogP contribution in [0.15, 0.2) is 115 Å². The number of rotatable bonds is 3. The molecule has 0 amide bonds. The molecule has 0 N–H and O–H groups in total. The minimum absolute atomic E-state index is 0.337. The van der Waals surface area contributed by atoms with Gasteiger partial charge in [0.1, 0.15) is 12.3 Å². The normalized spacial score (nSPS) is 13.7. The lowest BCUT2D eigenvalue weighted by atomic mass is 9.80. The van der Waals surface area contributed by atoms with Crippen molar-refractivity contribution in [1.82, 2.24) is 38.9 Å². The molecule has 0 saturated heterocycles. The molecule has 7 heterocycles. The number of hydrogen-bond donors (Lipinski definition) is 0. The van der Waals surface area contributed by atoms with Gasteiger partial charge in [0.2, 0.25) is 0 Å². The van der Waals surface area contributed by atoms with Gasteiger partial charge in [0, 0.05) is 109 Å². The third-order valence-electron chi connectivity index (χ3n) is 17.2. The topological polar surface area (TPSA) is 74.2 Å². The second kappa shape index (κ2) is 34.1. The molecule has 3 aliphatic rings. The van der Waals surface area contributed by atoms with Crippen molar-refractivity contribution >= 4 is 38.9 Å².